The average molecular weight is 284 g/mol. The lowest BCUT2D eigenvalue weighted by Gasteiger charge is -2.30. The molecule has 1 heterocycles. The molecule has 1 aliphatic rings. The third-order valence-corrected chi connectivity index (χ3v) is 3.15. The quantitative estimate of drug-likeness (QED) is 0.544. The summed E-state index contributed by atoms with van der Waals surface area (Å²) in [7, 11) is 0. The van der Waals surface area contributed by atoms with Gasteiger partial charge in [-0.05, 0) is 13.0 Å². The molecular weight excluding hydrogens is 269 g/mol. The molecule has 0 aromatic carbocycles. The van der Waals surface area contributed by atoms with E-state index in [0.717, 1.165) is 0 Å². The van der Waals surface area contributed by atoms with Crippen LogP contribution in [-0.4, -0.2) is 54.0 Å². The molecule has 1 fully saturated rings. The molecule has 0 aromatic rings. The fourth-order valence-corrected chi connectivity index (χ4v) is 1.94. The van der Waals surface area contributed by atoms with Gasteiger partial charge in [-0.3, -0.25) is 4.79 Å². The van der Waals surface area contributed by atoms with Crippen LogP contribution in [0.4, 0.5) is 13.2 Å². The van der Waals surface area contributed by atoms with Crippen molar-refractivity contribution in [3.05, 3.63) is 0 Å². The normalized spacial score (nSPS) is 25.1. The second-order valence-electron chi connectivity index (χ2n) is 4.38. The number of aliphatic carboxylic acids is 1. The Morgan fingerprint density at radius 1 is 1.42 bits per heavy atom. The van der Waals surface area contributed by atoms with Crippen molar-refractivity contribution in [1.29, 1.82) is 0 Å². The summed E-state index contributed by atoms with van der Waals surface area (Å²) in [6.45, 7) is -1.09. The molecule has 110 valence electrons. The maximum absolute atomic E-state index is 13.0. The van der Waals surface area contributed by atoms with E-state index in [1.54, 1.807) is 0 Å². The molecule has 4 N–H and O–H groups in total. The molecule has 19 heavy (non-hydrogen) atoms. The van der Waals surface area contributed by atoms with Gasteiger partial charge in [0.05, 0.1) is 0 Å². The summed E-state index contributed by atoms with van der Waals surface area (Å²) in [6.07, 6.45) is -5.54. The van der Waals surface area contributed by atoms with Gasteiger partial charge in [-0.25, -0.2) is 4.79 Å². The molecule has 6 nitrogen and oxygen atoms in total. The van der Waals surface area contributed by atoms with E-state index in [0.29, 0.717) is 0 Å². The van der Waals surface area contributed by atoms with E-state index in [1.165, 1.54) is 0 Å². The van der Waals surface area contributed by atoms with Crippen LogP contribution >= 0.6 is 0 Å². The number of carbonyl (C=O) groups excluding carboxylic acids is 1. The predicted molar refractivity (Wildman–Crippen MR) is 57.2 cm³/mol. The number of nitrogens with one attached hydrogen (secondary N) is 2. The summed E-state index contributed by atoms with van der Waals surface area (Å²) < 4.78 is 39.0. The molecule has 1 unspecified atom stereocenters. The molecule has 2 atom stereocenters. The summed E-state index contributed by atoms with van der Waals surface area (Å²) in [6, 6.07) is -1.53. The Hall–Kier alpha value is -1.35. The number of hydrogen-bond donors (Lipinski definition) is 4. The van der Waals surface area contributed by atoms with E-state index >= 15 is 0 Å². The van der Waals surface area contributed by atoms with Crippen LogP contribution in [-0.2, 0) is 9.59 Å². The molecule has 1 rings (SSSR count). The van der Waals surface area contributed by atoms with Gasteiger partial charge in [-0.15, -0.1) is 0 Å². The van der Waals surface area contributed by atoms with Gasteiger partial charge in [0.25, 0.3) is 0 Å². The van der Waals surface area contributed by atoms with Gasteiger partial charge < -0.3 is 20.8 Å². The fraction of sp³-hybridized carbons (Fsp3) is 0.800. The van der Waals surface area contributed by atoms with E-state index in [2.05, 4.69) is 5.32 Å². The molecular formula is C10H15F3N2O4. The molecule has 0 aliphatic carbocycles. The SMILES string of the molecule is O=C(O)[C@@H](CCO)NC(=O)C1(C(F)(F)F)CCNC1. The van der Waals surface area contributed by atoms with Crippen LogP contribution < -0.4 is 10.6 Å². The van der Waals surface area contributed by atoms with E-state index in [4.69, 9.17) is 10.2 Å². The smallest absolute Gasteiger partial charge is 0.404 e. The minimum Gasteiger partial charge on any atom is -0.480 e. The molecule has 9 heteroatoms. The number of halogens is 3. The summed E-state index contributed by atoms with van der Waals surface area (Å²) in [5.74, 6) is -2.85. The first kappa shape index (κ1) is 15.7. The maximum atomic E-state index is 13.0. The highest BCUT2D eigenvalue weighted by molar-refractivity contribution is 5.88. The monoisotopic (exact) mass is 284 g/mol. The Morgan fingerprint density at radius 3 is 2.42 bits per heavy atom. The lowest BCUT2D eigenvalue weighted by molar-refractivity contribution is -0.216. The number of carboxylic acid groups (broad SMARTS) is 1. The minimum atomic E-state index is -4.76. The highest BCUT2D eigenvalue weighted by atomic mass is 19.4. The third-order valence-electron chi connectivity index (χ3n) is 3.15. The second-order valence-corrected chi connectivity index (χ2v) is 4.38. The number of alkyl halides is 3. The zero-order chi connectivity index (χ0) is 14.7. The zero-order valence-electron chi connectivity index (χ0n) is 9.96. The standard InChI is InChI=1S/C10H15F3N2O4/c11-10(12,13)9(2-3-14-5-9)8(19)15-6(1-4-16)7(17)18/h6,14,16H,1-5H2,(H,15,19)(H,17,18)/t6-,9?/m1/s1. The predicted octanol–water partition coefficient (Wildman–Crippen LogP) is -0.520. The minimum absolute atomic E-state index is 0.0324. The Bertz CT molecular complexity index is 353. The van der Waals surface area contributed by atoms with Crippen LogP contribution in [0.2, 0.25) is 0 Å². The van der Waals surface area contributed by atoms with Gasteiger partial charge in [-0.2, -0.15) is 13.2 Å². The van der Waals surface area contributed by atoms with Gasteiger partial charge in [0, 0.05) is 19.6 Å². The van der Waals surface area contributed by atoms with E-state index < -0.39 is 49.1 Å². The van der Waals surface area contributed by atoms with Crippen molar-refractivity contribution in [2.45, 2.75) is 25.1 Å². The molecule has 0 bridgehead atoms. The highest BCUT2D eigenvalue weighted by Gasteiger charge is 2.61. The Labute approximate surface area is 107 Å². The highest BCUT2D eigenvalue weighted by Crippen LogP contribution is 2.43. The lowest BCUT2D eigenvalue weighted by atomic mass is 9.85. The van der Waals surface area contributed by atoms with Gasteiger partial charge in [0.15, 0.2) is 5.41 Å². The van der Waals surface area contributed by atoms with Crippen LogP contribution in [0, 0.1) is 5.41 Å². The van der Waals surface area contributed by atoms with Crippen LogP contribution in [0.5, 0.6) is 0 Å². The van der Waals surface area contributed by atoms with Gasteiger partial charge in [-0.1, -0.05) is 0 Å². The molecule has 0 spiro atoms. The first-order valence-corrected chi connectivity index (χ1v) is 5.66. The Morgan fingerprint density at radius 2 is 2.05 bits per heavy atom. The third kappa shape index (κ3) is 3.16. The molecule has 1 saturated heterocycles. The zero-order valence-corrected chi connectivity index (χ0v) is 9.96. The molecule has 1 amide bonds. The average Bonchev–Trinajstić information content (AvgIpc) is 2.77. The van der Waals surface area contributed by atoms with Crippen molar-refractivity contribution < 1.29 is 33.0 Å². The van der Waals surface area contributed by atoms with Crippen LogP contribution in [0.15, 0.2) is 0 Å². The summed E-state index contributed by atoms with van der Waals surface area (Å²) in [4.78, 5) is 22.6. The van der Waals surface area contributed by atoms with Crippen molar-refractivity contribution in [1.82, 2.24) is 10.6 Å². The van der Waals surface area contributed by atoms with Crippen molar-refractivity contribution in [3.8, 4) is 0 Å². The summed E-state index contributed by atoms with van der Waals surface area (Å²) in [5.41, 5.74) is -2.60. The van der Waals surface area contributed by atoms with Gasteiger partial charge >= 0.3 is 12.1 Å². The van der Waals surface area contributed by atoms with Crippen molar-refractivity contribution >= 4 is 11.9 Å². The molecule has 1 aliphatic heterocycles. The number of hydrogen-bond acceptors (Lipinski definition) is 4. The molecule has 0 radical (unpaired) electrons. The number of rotatable bonds is 5. The van der Waals surface area contributed by atoms with Gasteiger partial charge in [0.2, 0.25) is 5.91 Å². The number of aliphatic hydroxyl groups is 1. The maximum Gasteiger partial charge on any atom is 0.404 e. The topological polar surface area (TPSA) is 98.7 Å². The summed E-state index contributed by atoms with van der Waals surface area (Å²) in [5, 5.41) is 21.7. The van der Waals surface area contributed by atoms with Crippen molar-refractivity contribution in [2.24, 2.45) is 5.41 Å². The van der Waals surface area contributed by atoms with Crippen LogP contribution in [0.25, 0.3) is 0 Å². The van der Waals surface area contributed by atoms with Crippen LogP contribution in [0.1, 0.15) is 12.8 Å². The molecule has 0 saturated carbocycles. The first-order chi connectivity index (χ1) is 8.74. The number of carboxylic acids is 1. The van der Waals surface area contributed by atoms with Crippen LogP contribution in [0.3, 0.4) is 0 Å². The lowest BCUT2D eigenvalue weighted by Crippen LogP contribution is -2.55. The summed E-state index contributed by atoms with van der Waals surface area (Å²) >= 11 is 0. The van der Waals surface area contributed by atoms with E-state index in [9.17, 15) is 22.8 Å². The largest absolute Gasteiger partial charge is 0.480 e. The second kappa shape index (κ2) is 5.74. The van der Waals surface area contributed by atoms with E-state index in [-0.39, 0.29) is 13.0 Å². The van der Waals surface area contributed by atoms with Crippen molar-refractivity contribution in [3.63, 3.8) is 0 Å². The number of aliphatic hydroxyl groups excluding tert-OH is 1. The Balaban J connectivity index is 2.87. The van der Waals surface area contributed by atoms with Gasteiger partial charge in [0.1, 0.15) is 6.04 Å². The Kier molecular flexibility index (Phi) is 4.75. The number of amides is 1. The van der Waals surface area contributed by atoms with Crippen molar-refractivity contribution in [2.75, 3.05) is 19.7 Å². The first-order valence-electron chi connectivity index (χ1n) is 5.66. The number of carbonyl (C=O) groups is 2. The molecule has 0 aromatic heterocycles. The fourth-order valence-electron chi connectivity index (χ4n) is 1.94. The van der Waals surface area contributed by atoms with E-state index in [1.807, 2.05) is 5.32 Å².